The van der Waals surface area contributed by atoms with Gasteiger partial charge in [0.15, 0.2) is 0 Å². The maximum atomic E-state index is 5.88. The first-order valence-corrected chi connectivity index (χ1v) is 5.93. The lowest BCUT2D eigenvalue weighted by Crippen LogP contribution is -2.46. The highest BCUT2D eigenvalue weighted by Gasteiger charge is 2.43. The van der Waals surface area contributed by atoms with Crippen LogP contribution < -0.4 is 5.73 Å². The zero-order valence-electron chi connectivity index (χ0n) is 8.12. The van der Waals surface area contributed by atoms with Crippen molar-refractivity contribution in [3.63, 3.8) is 0 Å². The van der Waals surface area contributed by atoms with Crippen LogP contribution in [0.4, 0.5) is 0 Å². The Morgan fingerprint density at radius 1 is 1.62 bits per heavy atom. The van der Waals surface area contributed by atoms with Crippen molar-refractivity contribution >= 4 is 11.3 Å². The molecule has 0 amide bonds. The highest BCUT2D eigenvalue weighted by molar-refractivity contribution is 7.10. The molecule has 72 valence electrons. The van der Waals surface area contributed by atoms with Gasteiger partial charge < -0.3 is 5.73 Å². The molecule has 0 bridgehead atoms. The van der Waals surface area contributed by atoms with Crippen molar-refractivity contribution in [1.82, 2.24) is 0 Å². The van der Waals surface area contributed by atoms with E-state index in [2.05, 4.69) is 24.4 Å². The minimum absolute atomic E-state index is 0.356. The quantitative estimate of drug-likeness (QED) is 0.788. The van der Waals surface area contributed by atoms with E-state index in [0.717, 1.165) is 12.5 Å². The Morgan fingerprint density at radius 2 is 2.38 bits per heavy atom. The highest BCUT2D eigenvalue weighted by atomic mass is 32.1. The second-order valence-corrected chi connectivity index (χ2v) is 5.09. The molecule has 1 aliphatic rings. The van der Waals surface area contributed by atoms with Crippen LogP contribution in [0.2, 0.25) is 0 Å². The Morgan fingerprint density at radius 3 is 2.85 bits per heavy atom. The maximum absolute atomic E-state index is 5.88. The van der Waals surface area contributed by atoms with Crippen LogP contribution >= 0.6 is 11.3 Å². The lowest BCUT2D eigenvalue weighted by molar-refractivity contribution is 0.148. The van der Waals surface area contributed by atoms with Gasteiger partial charge in [0.05, 0.1) is 0 Å². The zero-order valence-corrected chi connectivity index (χ0v) is 8.94. The molecular weight excluding hydrogens is 178 g/mol. The van der Waals surface area contributed by atoms with E-state index in [0.29, 0.717) is 5.41 Å². The minimum Gasteiger partial charge on any atom is -0.330 e. The van der Waals surface area contributed by atoms with Crippen LogP contribution in [-0.4, -0.2) is 6.54 Å². The van der Waals surface area contributed by atoms with Crippen LogP contribution in [0.25, 0.3) is 0 Å². The molecule has 0 atom stereocenters. The van der Waals surface area contributed by atoms with Gasteiger partial charge in [0.25, 0.3) is 0 Å². The van der Waals surface area contributed by atoms with E-state index in [-0.39, 0.29) is 0 Å². The maximum Gasteiger partial charge on any atom is 0.0175 e. The Labute approximate surface area is 84.0 Å². The predicted octanol–water partition coefficient (Wildman–Crippen LogP) is 2.76. The first-order valence-electron chi connectivity index (χ1n) is 5.05. The van der Waals surface area contributed by atoms with Gasteiger partial charge in [-0.15, -0.1) is 11.3 Å². The van der Waals surface area contributed by atoms with Crippen LogP contribution in [0.1, 0.15) is 31.1 Å². The molecule has 1 aliphatic carbocycles. The van der Waals surface area contributed by atoms with Gasteiger partial charge in [-0.25, -0.2) is 0 Å². The van der Waals surface area contributed by atoms with Crippen molar-refractivity contribution in [2.24, 2.45) is 11.7 Å². The smallest absolute Gasteiger partial charge is 0.0175 e. The summed E-state index contributed by atoms with van der Waals surface area (Å²) in [4.78, 5) is 1.50. The fraction of sp³-hybridized carbons (Fsp3) is 0.636. The van der Waals surface area contributed by atoms with Crippen LogP contribution in [0.5, 0.6) is 0 Å². The zero-order chi connectivity index (χ0) is 9.31. The predicted molar refractivity (Wildman–Crippen MR) is 58.1 cm³/mol. The lowest BCUT2D eigenvalue weighted by atomic mass is 9.60. The summed E-state index contributed by atoms with van der Waals surface area (Å²) in [5.74, 6) is 0.922. The molecule has 0 spiro atoms. The summed E-state index contributed by atoms with van der Waals surface area (Å²) < 4.78 is 0. The molecule has 2 rings (SSSR count). The van der Waals surface area contributed by atoms with Crippen LogP contribution in [-0.2, 0) is 5.41 Å². The van der Waals surface area contributed by atoms with Gasteiger partial charge in [-0.2, -0.15) is 0 Å². The molecule has 0 aliphatic heterocycles. The molecule has 1 aromatic rings. The highest BCUT2D eigenvalue weighted by Crippen LogP contribution is 2.49. The van der Waals surface area contributed by atoms with Gasteiger partial charge in [0.1, 0.15) is 0 Å². The molecule has 13 heavy (non-hydrogen) atoms. The molecule has 1 saturated carbocycles. The number of rotatable bonds is 3. The molecular formula is C11H17NS. The average Bonchev–Trinajstić information content (AvgIpc) is 2.57. The molecule has 2 N–H and O–H groups in total. The van der Waals surface area contributed by atoms with Gasteiger partial charge in [0, 0.05) is 16.8 Å². The van der Waals surface area contributed by atoms with E-state index >= 15 is 0 Å². The molecule has 1 fully saturated rings. The second kappa shape index (κ2) is 3.43. The SMILES string of the molecule is CCC1CC(CN)(c2cccs2)C1. The normalized spacial score (nSPS) is 32.9. The summed E-state index contributed by atoms with van der Waals surface area (Å²) in [7, 11) is 0. The fourth-order valence-electron chi connectivity index (χ4n) is 2.38. The number of hydrogen-bond donors (Lipinski definition) is 1. The Balaban J connectivity index is 2.12. The molecule has 1 nitrogen and oxygen atoms in total. The number of nitrogens with two attached hydrogens (primary N) is 1. The topological polar surface area (TPSA) is 26.0 Å². The van der Waals surface area contributed by atoms with E-state index < -0.39 is 0 Å². The minimum atomic E-state index is 0.356. The van der Waals surface area contributed by atoms with Crippen molar-refractivity contribution in [1.29, 1.82) is 0 Å². The Hall–Kier alpha value is -0.340. The van der Waals surface area contributed by atoms with Gasteiger partial charge in [-0.1, -0.05) is 19.4 Å². The van der Waals surface area contributed by atoms with Crippen molar-refractivity contribution in [3.05, 3.63) is 22.4 Å². The van der Waals surface area contributed by atoms with Gasteiger partial charge in [-0.3, -0.25) is 0 Å². The van der Waals surface area contributed by atoms with Gasteiger partial charge >= 0.3 is 0 Å². The molecule has 0 unspecified atom stereocenters. The van der Waals surface area contributed by atoms with Crippen LogP contribution in [0, 0.1) is 5.92 Å². The Kier molecular flexibility index (Phi) is 2.43. The Bertz CT molecular complexity index is 260. The number of thiophene rings is 1. The fourth-order valence-corrected chi connectivity index (χ4v) is 3.34. The van der Waals surface area contributed by atoms with Crippen molar-refractivity contribution in [2.75, 3.05) is 6.54 Å². The molecule has 0 aromatic carbocycles. The van der Waals surface area contributed by atoms with Crippen molar-refractivity contribution in [2.45, 2.75) is 31.6 Å². The summed E-state index contributed by atoms with van der Waals surface area (Å²) in [5.41, 5.74) is 6.24. The monoisotopic (exact) mass is 195 g/mol. The van der Waals surface area contributed by atoms with Crippen molar-refractivity contribution < 1.29 is 0 Å². The lowest BCUT2D eigenvalue weighted by Gasteiger charge is -2.46. The third-order valence-corrected chi connectivity index (χ3v) is 4.49. The van der Waals surface area contributed by atoms with Gasteiger partial charge in [0.2, 0.25) is 0 Å². The number of hydrogen-bond acceptors (Lipinski definition) is 2. The summed E-state index contributed by atoms with van der Waals surface area (Å²) in [6, 6.07) is 4.38. The van der Waals surface area contributed by atoms with E-state index in [1.165, 1.54) is 24.1 Å². The molecule has 0 saturated heterocycles. The molecule has 2 heteroatoms. The summed E-state index contributed by atoms with van der Waals surface area (Å²) in [6.45, 7) is 3.10. The molecule has 1 aromatic heterocycles. The van der Waals surface area contributed by atoms with Crippen LogP contribution in [0.3, 0.4) is 0 Å². The average molecular weight is 195 g/mol. The third kappa shape index (κ3) is 1.42. The van der Waals surface area contributed by atoms with E-state index in [9.17, 15) is 0 Å². The van der Waals surface area contributed by atoms with E-state index in [4.69, 9.17) is 5.73 Å². The second-order valence-electron chi connectivity index (χ2n) is 4.14. The summed E-state index contributed by atoms with van der Waals surface area (Å²) in [6.07, 6.45) is 3.92. The van der Waals surface area contributed by atoms with E-state index in [1.807, 2.05) is 11.3 Å². The van der Waals surface area contributed by atoms with Crippen molar-refractivity contribution in [3.8, 4) is 0 Å². The van der Waals surface area contributed by atoms with E-state index in [1.54, 1.807) is 0 Å². The first kappa shape index (κ1) is 9.22. The molecule has 1 heterocycles. The summed E-state index contributed by atoms with van der Waals surface area (Å²) >= 11 is 1.86. The van der Waals surface area contributed by atoms with Gasteiger partial charge in [-0.05, 0) is 30.2 Å². The summed E-state index contributed by atoms with van der Waals surface area (Å²) in [5, 5.41) is 2.16. The standard InChI is InChI=1S/C11H17NS/c1-2-9-6-11(7-9,8-12)10-4-3-5-13-10/h3-5,9H,2,6-8,12H2,1H3. The first-order chi connectivity index (χ1) is 6.30. The third-order valence-electron chi connectivity index (χ3n) is 3.37. The molecule has 0 radical (unpaired) electrons. The van der Waals surface area contributed by atoms with Crippen LogP contribution in [0.15, 0.2) is 17.5 Å². The largest absolute Gasteiger partial charge is 0.330 e.